The lowest BCUT2D eigenvalue weighted by atomic mass is 10.1. The number of thiazole rings is 1. The van der Waals surface area contributed by atoms with E-state index in [1.165, 1.54) is 4.88 Å². The van der Waals surface area contributed by atoms with Crippen molar-refractivity contribution in [1.82, 2.24) is 4.98 Å². The van der Waals surface area contributed by atoms with Gasteiger partial charge < -0.3 is 10.5 Å². The molecule has 1 aliphatic rings. The maximum Gasteiger partial charge on any atom is 0.122 e. The second kappa shape index (κ2) is 4.82. The second-order valence-corrected chi connectivity index (χ2v) is 5.81. The highest BCUT2D eigenvalue weighted by atomic mass is 32.1. The molecule has 90 valence electrons. The molecule has 2 unspecified atom stereocenters. The van der Waals surface area contributed by atoms with Gasteiger partial charge in [-0.1, -0.05) is 13.8 Å². The highest BCUT2D eigenvalue weighted by molar-refractivity contribution is 7.11. The molecule has 0 spiro atoms. The Balaban J connectivity index is 2.30. The largest absolute Gasteiger partial charge is 0.371 e. The fraction of sp³-hybridized carbons (Fsp3) is 0.750. The third-order valence-corrected chi connectivity index (χ3v) is 4.23. The Morgan fingerprint density at radius 1 is 1.44 bits per heavy atom. The Kier molecular flexibility index (Phi) is 3.62. The molecule has 1 fully saturated rings. The molecule has 4 heteroatoms. The summed E-state index contributed by atoms with van der Waals surface area (Å²) in [5.41, 5.74) is 7.15. The predicted molar refractivity (Wildman–Crippen MR) is 66.7 cm³/mol. The fourth-order valence-corrected chi connectivity index (χ4v) is 3.27. The van der Waals surface area contributed by atoms with E-state index in [4.69, 9.17) is 15.5 Å². The Labute approximate surface area is 101 Å². The lowest BCUT2D eigenvalue weighted by Crippen LogP contribution is -2.06. The van der Waals surface area contributed by atoms with Crippen LogP contribution in [-0.2, 0) is 4.74 Å². The van der Waals surface area contributed by atoms with Gasteiger partial charge in [-0.2, -0.15) is 0 Å². The van der Waals surface area contributed by atoms with Crippen molar-refractivity contribution in [3.05, 3.63) is 15.6 Å². The molecule has 1 aromatic rings. The lowest BCUT2D eigenvalue weighted by molar-refractivity contribution is 0.111. The number of rotatable bonds is 3. The van der Waals surface area contributed by atoms with E-state index in [1.807, 2.05) is 6.92 Å². The van der Waals surface area contributed by atoms with Crippen LogP contribution in [0, 0.1) is 0 Å². The van der Waals surface area contributed by atoms with Crippen molar-refractivity contribution in [3.63, 3.8) is 0 Å². The average molecular weight is 240 g/mol. The van der Waals surface area contributed by atoms with Gasteiger partial charge in [-0.3, -0.25) is 0 Å². The lowest BCUT2D eigenvalue weighted by Gasteiger charge is -2.07. The molecule has 1 aliphatic heterocycles. The molecule has 0 aromatic carbocycles. The first-order valence-electron chi connectivity index (χ1n) is 5.97. The zero-order valence-electron chi connectivity index (χ0n) is 10.2. The van der Waals surface area contributed by atoms with E-state index < -0.39 is 0 Å². The molecule has 1 aromatic heterocycles. The third-order valence-electron chi connectivity index (χ3n) is 2.86. The van der Waals surface area contributed by atoms with Gasteiger partial charge >= 0.3 is 0 Å². The van der Waals surface area contributed by atoms with Crippen LogP contribution < -0.4 is 5.73 Å². The monoisotopic (exact) mass is 240 g/mol. The summed E-state index contributed by atoms with van der Waals surface area (Å²) in [5.74, 6) is 0.437. The van der Waals surface area contributed by atoms with Crippen LogP contribution in [0.3, 0.4) is 0 Å². The van der Waals surface area contributed by atoms with Gasteiger partial charge in [0.2, 0.25) is 0 Å². The van der Waals surface area contributed by atoms with Crippen LogP contribution in [0.25, 0.3) is 0 Å². The minimum absolute atomic E-state index is 0.0741. The van der Waals surface area contributed by atoms with Crippen molar-refractivity contribution in [3.8, 4) is 0 Å². The minimum Gasteiger partial charge on any atom is -0.371 e. The first-order valence-corrected chi connectivity index (χ1v) is 6.79. The second-order valence-electron chi connectivity index (χ2n) is 4.75. The van der Waals surface area contributed by atoms with Gasteiger partial charge in [0.1, 0.15) is 11.1 Å². The zero-order chi connectivity index (χ0) is 11.7. The van der Waals surface area contributed by atoms with Gasteiger partial charge in [0.15, 0.2) is 0 Å². The summed E-state index contributed by atoms with van der Waals surface area (Å²) in [6.07, 6.45) is 2.47. The average Bonchev–Trinajstić information content (AvgIpc) is 2.86. The smallest absolute Gasteiger partial charge is 0.122 e. The number of nitrogens with zero attached hydrogens (tertiary/aromatic N) is 1. The quantitative estimate of drug-likeness (QED) is 0.883. The van der Waals surface area contributed by atoms with E-state index in [0.717, 1.165) is 30.2 Å². The maximum absolute atomic E-state index is 5.99. The Hall–Kier alpha value is -0.450. The van der Waals surface area contributed by atoms with Crippen molar-refractivity contribution in [2.24, 2.45) is 5.73 Å². The molecule has 0 saturated carbocycles. The standard InChI is InChI=1S/C12H20N2OS/c1-7(2)10-11(8(3)13)16-12(14-10)9-5-4-6-15-9/h7-9H,4-6,13H2,1-3H3. The highest BCUT2D eigenvalue weighted by Gasteiger charge is 2.25. The summed E-state index contributed by atoms with van der Waals surface area (Å²) in [5, 5.41) is 1.12. The van der Waals surface area contributed by atoms with Gasteiger partial charge in [0.25, 0.3) is 0 Å². The molecule has 16 heavy (non-hydrogen) atoms. The molecule has 0 bridgehead atoms. The molecule has 2 atom stereocenters. The first-order chi connectivity index (χ1) is 7.59. The number of hydrogen-bond acceptors (Lipinski definition) is 4. The molecule has 0 amide bonds. The summed E-state index contributed by atoms with van der Waals surface area (Å²) in [6.45, 7) is 7.23. The number of aromatic nitrogens is 1. The van der Waals surface area contributed by atoms with Crippen molar-refractivity contribution in [2.75, 3.05) is 6.61 Å². The van der Waals surface area contributed by atoms with E-state index in [1.54, 1.807) is 11.3 Å². The van der Waals surface area contributed by atoms with E-state index in [-0.39, 0.29) is 12.1 Å². The number of nitrogens with two attached hydrogens (primary N) is 1. The predicted octanol–water partition coefficient (Wildman–Crippen LogP) is 3.14. The van der Waals surface area contributed by atoms with Crippen LogP contribution in [0.2, 0.25) is 0 Å². The molecular formula is C12H20N2OS. The molecule has 0 aliphatic carbocycles. The number of ether oxygens (including phenoxy) is 1. The molecule has 0 radical (unpaired) electrons. The normalized spacial score (nSPS) is 22.9. The van der Waals surface area contributed by atoms with Gasteiger partial charge in [-0.15, -0.1) is 11.3 Å². The Morgan fingerprint density at radius 2 is 2.19 bits per heavy atom. The SMILES string of the molecule is CC(C)c1nc(C2CCCO2)sc1C(C)N. The maximum atomic E-state index is 5.99. The van der Waals surface area contributed by atoms with Crippen molar-refractivity contribution < 1.29 is 4.74 Å². The number of hydrogen-bond donors (Lipinski definition) is 1. The summed E-state index contributed by atoms with van der Waals surface area (Å²) in [7, 11) is 0. The summed E-state index contributed by atoms with van der Waals surface area (Å²) < 4.78 is 5.67. The molecular weight excluding hydrogens is 220 g/mol. The summed E-state index contributed by atoms with van der Waals surface area (Å²) in [4.78, 5) is 5.95. The van der Waals surface area contributed by atoms with Crippen molar-refractivity contribution in [2.45, 2.75) is 51.7 Å². The minimum atomic E-state index is 0.0741. The van der Waals surface area contributed by atoms with E-state index >= 15 is 0 Å². The van der Waals surface area contributed by atoms with Crippen LogP contribution in [0.15, 0.2) is 0 Å². The van der Waals surface area contributed by atoms with Gasteiger partial charge in [-0.25, -0.2) is 4.98 Å². The summed E-state index contributed by atoms with van der Waals surface area (Å²) >= 11 is 1.73. The van der Waals surface area contributed by atoms with E-state index in [0.29, 0.717) is 5.92 Å². The van der Waals surface area contributed by atoms with Crippen molar-refractivity contribution >= 4 is 11.3 Å². The van der Waals surface area contributed by atoms with Crippen LogP contribution in [0.5, 0.6) is 0 Å². The molecule has 3 nitrogen and oxygen atoms in total. The zero-order valence-corrected chi connectivity index (χ0v) is 11.0. The summed E-state index contributed by atoms with van der Waals surface area (Å²) in [6, 6.07) is 0.0741. The molecule has 2 N–H and O–H groups in total. The van der Waals surface area contributed by atoms with Crippen LogP contribution in [0.1, 0.15) is 67.3 Å². The van der Waals surface area contributed by atoms with Gasteiger partial charge in [0, 0.05) is 17.5 Å². The molecule has 2 heterocycles. The van der Waals surface area contributed by atoms with Crippen LogP contribution in [-0.4, -0.2) is 11.6 Å². The molecule has 1 saturated heterocycles. The van der Waals surface area contributed by atoms with E-state index in [2.05, 4.69) is 13.8 Å². The topological polar surface area (TPSA) is 48.1 Å². The van der Waals surface area contributed by atoms with Crippen LogP contribution in [0.4, 0.5) is 0 Å². The van der Waals surface area contributed by atoms with Gasteiger partial charge in [-0.05, 0) is 25.7 Å². The highest BCUT2D eigenvalue weighted by Crippen LogP contribution is 2.36. The Morgan fingerprint density at radius 3 is 2.62 bits per heavy atom. The first kappa shape index (κ1) is 12.0. The Bertz CT molecular complexity index is 328. The van der Waals surface area contributed by atoms with Gasteiger partial charge in [0.05, 0.1) is 5.69 Å². The van der Waals surface area contributed by atoms with Crippen LogP contribution >= 0.6 is 11.3 Å². The molecule has 2 rings (SSSR count). The fourth-order valence-electron chi connectivity index (χ4n) is 2.01. The third kappa shape index (κ3) is 2.29. The van der Waals surface area contributed by atoms with E-state index in [9.17, 15) is 0 Å². The van der Waals surface area contributed by atoms with Crippen molar-refractivity contribution in [1.29, 1.82) is 0 Å².